The second-order valence-corrected chi connectivity index (χ2v) is 9.83. The molecule has 2 heterocycles. The van der Waals surface area contributed by atoms with Gasteiger partial charge in [0.1, 0.15) is 0 Å². The van der Waals surface area contributed by atoms with E-state index in [0.29, 0.717) is 30.3 Å². The van der Waals surface area contributed by atoms with Crippen LogP contribution in [0.5, 0.6) is 5.75 Å². The molecule has 7 nitrogen and oxygen atoms in total. The lowest BCUT2D eigenvalue weighted by Gasteiger charge is -2.18. The van der Waals surface area contributed by atoms with Crippen molar-refractivity contribution >= 4 is 11.1 Å². The molecule has 2 aromatic heterocycles. The molecule has 2 aromatic carbocycles. The predicted octanol–water partition coefficient (Wildman–Crippen LogP) is 4.73. The van der Waals surface area contributed by atoms with Crippen LogP contribution in [0.3, 0.4) is 0 Å². The van der Waals surface area contributed by atoms with Gasteiger partial charge in [-0.15, -0.1) is 0 Å². The summed E-state index contributed by atoms with van der Waals surface area (Å²) in [4.78, 5) is 23.7. The Bertz CT molecular complexity index is 1310. The van der Waals surface area contributed by atoms with Gasteiger partial charge >= 0.3 is 5.76 Å². The molecule has 4 aromatic rings. The highest BCUT2D eigenvalue weighted by Crippen LogP contribution is 2.26. The maximum atomic E-state index is 12.6. The highest BCUT2D eigenvalue weighted by Gasteiger charge is 2.17. The Hall–Kier alpha value is -3.45. The predicted molar refractivity (Wildman–Crippen MR) is 134 cm³/mol. The maximum Gasteiger partial charge on any atom is 0.420 e. The Morgan fingerprint density at radius 3 is 2.53 bits per heavy atom. The minimum atomic E-state index is -0.363. The molecule has 0 saturated heterocycles. The molecule has 0 fully saturated rings. The van der Waals surface area contributed by atoms with E-state index in [4.69, 9.17) is 9.15 Å². The van der Waals surface area contributed by atoms with Crippen LogP contribution in [0.1, 0.15) is 38.3 Å². The molecule has 7 heteroatoms. The van der Waals surface area contributed by atoms with Crippen molar-refractivity contribution in [2.24, 2.45) is 0 Å². The topological polar surface area (TPSA) is 73.4 Å². The van der Waals surface area contributed by atoms with Gasteiger partial charge in [0, 0.05) is 12.1 Å². The molecular formula is C27H32N4O3. The third kappa shape index (κ3) is 5.54. The van der Waals surface area contributed by atoms with Crippen molar-refractivity contribution in [1.29, 1.82) is 0 Å². The number of aromatic nitrogens is 3. The first-order valence-electron chi connectivity index (χ1n) is 11.5. The normalized spacial score (nSPS) is 11.9. The summed E-state index contributed by atoms with van der Waals surface area (Å²) in [5.41, 5.74) is 4.38. The van der Waals surface area contributed by atoms with E-state index in [9.17, 15) is 4.79 Å². The molecule has 0 unspecified atom stereocenters. The fourth-order valence-electron chi connectivity index (χ4n) is 3.78. The molecule has 0 saturated carbocycles. The summed E-state index contributed by atoms with van der Waals surface area (Å²) in [7, 11) is 4.08. The summed E-state index contributed by atoms with van der Waals surface area (Å²) >= 11 is 0. The minimum Gasteiger partial charge on any atom is -0.490 e. The maximum absolute atomic E-state index is 12.6. The van der Waals surface area contributed by atoms with Crippen LogP contribution < -0.4 is 10.5 Å². The van der Waals surface area contributed by atoms with Crippen LogP contribution in [-0.4, -0.2) is 46.7 Å². The summed E-state index contributed by atoms with van der Waals surface area (Å²) in [6, 6.07) is 13.9. The molecule has 0 aliphatic heterocycles. The molecule has 0 radical (unpaired) electrons. The van der Waals surface area contributed by atoms with E-state index in [2.05, 4.69) is 35.6 Å². The average Bonchev–Trinajstić information content (AvgIpc) is 3.11. The molecule has 0 spiro atoms. The lowest BCUT2D eigenvalue weighted by atomic mass is 9.87. The van der Waals surface area contributed by atoms with Gasteiger partial charge < -0.3 is 14.1 Å². The van der Waals surface area contributed by atoms with Crippen molar-refractivity contribution in [3.63, 3.8) is 0 Å². The van der Waals surface area contributed by atoms with E-state index >= 15 is 0 Å². The zero-order chi connectivity index (χ0) is 24.3. The van der Waals surface area contributed by atoms with Gasteiger partial charge in [0.25, 0.3) is 0 Å². The Morgan fingerprint density at radius 2 is 1.82 bits per heavy atom. The number of nitrogens with zero attached hydrogens (tertiary/aromatic N) is 4. The van der Waals surface area contributed by atoms with Crippen LogP contribution in [0.4, 0.5) is 0 Å². The van der Waals surface area contributed by atoms with E-state index in [-0.39, 0.29) is 11.2 Å². The van der Waals surface area contributed by atoms with Crippen LogP contribution in [0.2, 0.25) is 0 Å². The highest BCUT2D eigenvalue weighted by atomic mass is 16.5. The fraction of sp³-hybridized carbons (Fsp3) is 0.370. The number of ether oxygens (including phenoxy) is 1. The van der Waals surface area contributed by atoms with Crippen LogP contribution in [0.25, 0.3) is 22.5 Å². The second kappa shape index (κ2) is 9.81. The van der Waals surface area contributed by atoms with Crippen molar-refractivity contribution in [2.75, 3.05) is 27.2 Å². The van der Waals surface area contributed by atoms with E-state index in [1.807, 2.05) is 56.6 Å². The summed E-state index contributed by atoms with van der Waals surface area (Å²) in [6.07, 6.45) is 4.34. The zero-order valence-electron chi connectivity index (χ0n) is 20.5. The van der Waals surface area contributed by atoms with Crippen molar-refractivity contribution in [2.45, 2.75) is 39.2 Å². The van der Waals surface area contributed by atoms with Gasteiger partial charge in [0.15, 0.2) is 17.2 Å². The third-order valence-corrected chi connectivity index (χ3v) is 5.71. The van der Waals surface area contributed by atoms with E-state index in [1.54, 1.807) is 17.0 Å². The van der Waals surface area contributed by atoms with Crippen LogP contribution >= 0.6 is 0 Å². The number of benzene rings is 2. The lowest BCUT2D eigenvalue weighted by Crippen LogP contribution is -2.16. The standard InChI is InChI=1S/C27H32N4O3/c1-27(2,3)21-10-11-24-23(15-21)31(26(32)34-24)18-19-8-6-9-20(14-19)25-28-16-22(17-29-25)33-13-7-12-30(4)5/h6,8-11,14-17H,7,12-13,18H2,1-5H3. The second-order valence-electron chi connectivity index (χ2n) is 9.83. The first-order valence-corrected chi connectivity index (χ1v) is 11.5. The number of hydrogen-bond donors (Lipinski definition) is 0. The molecule has 0 aliphatic rings. The first-order chi connectivity index (χ1) is 16.2. The van der Waals surface area contributed by atoms with Crippen LogP contribution in [-0.2, 0) is 12.0 Å². The largest absolute Gasteiger partial charge is 0.490 e. The van der Waals surface area contributed by atoms with Crippen molar-refractivity contribution < 1.29 is 9.15 Å². The van der Waals surface area contributed by atoms with Gasteiger partial charge in [-0.3, -0.25) is 4.57 Å². The smallest absolute Gasteiger partial charge is 0.420 e. The van der Waals surface area contributed by atoms with E-state index < -0.39 is 0 Å². The molecule has 0 aliphatic carbocycles. The average molecular weight is 461 g/mol. The molecule has 0 amide bonds. The first kappa shape index (κ1) is 23.7. The van der Waals surface area contributed by atoms with Gasteiger partial charge in [-0.2, -0.15) is 0 Å². The van der Waals surface area contributed by atoms with Gasteiger partial charge in [0.2, 0.25) is 0 Å². The Labute approximate surface area is 200 Å². The van der Waals surface area contributed by atoms with Gasteiger partial charge in [-0.05, 0) is 55.3 Å². The molecule has 0 N–H and O–H groups in total. The zero-order valence-corrected chi connectivity index (χ0v) is 20.5. The Morgan fingerprint density at radius 1 is 1.06 bits per heavy atom. The summed E-state index contributed by atoms with van der Waals surface area (Å²) < 4.78 is 12.9. The third-order valence-electron chi connectivity index (χ3n) is 5.71. The van der Waals surface area contributed by atoms with Crippen LogP contribution in [0.15, 0.2) is 64.1 Å². The summed E-state index contributed by atoms with van der Waals surface area (Å²) in [5, 5.41) is 0. The van der Waals surface area contributed by atoms with Gasteiger partial charge in [0.05, 0.1) is 31.1 Å². The SMILES string of the molecule is CN(C)CCCOc1cnc(-c2cccc(Cn3c(=O)oc4ccc(C(C)(C)C)cc43)c2)nc1. The van der Waals surface area contributed by atoms with Crippen LogP contribution in [0, 0.1) is 0 Å². The molecule has 4 rings (SSSR count). The molecule has 34 heavy (non-hydrogen) atoms. The monoisotopic (exact) mass is 460 g/mol. The lowest BCUT2D eigenvalue weighted by molar-refractivity contribution is 0.280. The van der Waals surface area contributed by atoms with Gasteiger partial charge in [-0.25, -0.2) is 14.8 Å². The Balaban J connectivity index is 1.53. The van der Waals surface area contributed by atoms with E-state index in [1.165, 1.54) is 0 Å². The number of fused-ring (bicyclic) bond motifs is 1. The fourth-order valence-corrected chi connectivity index (χ4v) is 3.78. The Kier molecular flexibility index (Phi) is 6.84. The molecule has 0 atom stereocenters. The minimum absolute atomic E-state index is 0.0220. The number of rotatable bonds is 8. The summed E-state index contributed by atoms with van der Waals surface area (Å²) in [5.74, 6) is 0.908. The number of hydrogen-bond acceptors (Lipinski definition) is 6. The van der Waals surface area contributed by atoms with Crippen molar-refractivity contribution in [3.8, 4) is 17.1 Å². The molecule has 0 bridgehead atoms. The quantitative estimate of drug-likeness (QED) is 0.354. The molecular weight excluding hydrogens is 428 g/mol. The highest BCUT2D eigenvalue weighted by molar-refractivity contribution is 5.74. The van der Waals surface area contributed by atoms with E-state index in [0.717, 1.165) is 35.2 Å². The number of oxazole rings is 1. The van der Waals surface area contributed by atoms with Gasteiger partial charge in [-0.1, -0.05) is 45.0 Å². The summed E-state index contributed by atoms with van der Waals surface area (Å²) in [6.45, 7) is 8.46. The molecule has 178 valence electrons. The van der Waals surface area contributed by atoms with Crippen molar-refractivity contribution in [3.05, 3.63) is 76.5 Å². The van der Waals surface area contributed by atoms with Crippen molar-refractivity contribution in [1.82, 2.24) is 19.4 Å².